The molecule has 1 atom stereocenters. The molecule has 0 aliphatic carbocycles. The van der Waals surface area contributed by atoms with E-state index in [1.165, 1.54) is 64.5 Å². The molecule has 2 rings (SSSR count). The molecular formula is C24H40O4Sn. The van der Waals surface area contributed by atoms with E-state index in [1.54, 1.807) is 6.26 Å². The standard InChI is InChI=1S/C12H13O4.3C4H9.Sn/c1-9-7-15-8-12(9,11(13)14-2)6-10-4-3-5-16-10;3*1-3-4-2;/h1,3-5H,6-8H2,2H3;3*1,3-4H2,2H3;. The van der Waals surface area contributed by atoms with Gasteiger partial charge in [0, 0.05) is 0 Å². The van der Waals surface area contributed by atoms with Crippen molar-refractivity contribution in [2.24, 2.45) is 5.41 Å². The SMILES string of the molecule is CCC[CH2][Sn](/[CH]=C1/COCC1(Cc1ccco1)C(=O)OC)([CH2]CCC)[CH2]CCC. The van der Waals surface area contributed by atoms with Crippen LogP contribution >= 0.6 is 0 Å². The number of carbonyl (C=O) groups is 1. The Balaban J connectivity index is 2.46. The van der Waals surface area contributed by atoms with Gasteiger partial charge in [0.25, 0.3) is 0 Å². The number of methoxy groups -OCH3 is 1. The second-order valence-electron chi connectivity index (χ2n) is 8.67. The average molecular weight is 511 g/mol. The maximum atomic E-state index is 13.0. The van der Waals surface area contributed by atoms with Crippen molar-refractivity contribution in [1.82, 2.24) is 0 Å². The van der Waals surface area contributed by atoms with E-state index in [2.05, 4.69) is 24.9 Å². The Morgan fingerprint density at radius 2 is 1.76 bits per heavy atom. The third kappa shape index (κ3) is 6.36. The molecule has 164 valence electrons. The summed E-state index contributed by atoms with van der Waals surface area (Å²) in [4.78, 5) is 13.0. The molecule has 0 saturated carbocycles. The fourth-order valence-corrected chi connectivity index (χ4v) is 20.2. The van der Waals surface area contributed by atoms with Gasteiger partial charge >= 0.3 is 182 Å². The molecule has 1 fully saturated rings. The van der Waals surface area contributed by atoms with Gasteiger partial charge in [0.15, 0.2) is 0 Å². The average Bonchev–Trinajstić information content (AvgIpc) is 3.39. The number of furan rings is 1. The molecule has 0 aromatic carbocycles. The second-order valence-corrected chi connectivity index (χ2v) is 21.5. The zero-order valence-electron chi connectivity index (χ0n) is 18.9. The fourth-order valence-electron chi connectivity index (χ4n) is 4.63. The molecule has 1 aliphatic heterocycles. The Kier molecular flexibility index (Phi) is 10.3. The first-order chi connectivity index (χ1) is 14.1. The minimum absolute atomic E-state index is 0.181. The van der Waals surface area contributed by atoms with E-state index in [4.69, 9.17) is 13.9 Å². The van der Waals surface area contributed by atoms with Crippen LogP contribution in [-0.2, 0) is 20.7 Å². The molecule has 1 aromatic rings. The van der Waals surface area contributed by atoms with Crippen LogP contribution in [-0.4, -0.2) is 44.7 Å². The van der Waals surface area contributed by atoms with Crippen LogP contribution in [0.2, 0.25) is 13.3 Å². The fraction of sp³-hybridized carbons (Fsp3) is 0.708. The Labute approximate surface area is 181 Å². The summed E-state index contributed by atoms with van der Waals surface area (Å²) in [5, 5.41) is 0. The van der Waals surface area contributed by atoms with Gasteiger partial charge in [-0.15, -0.1) is 0 Å². The number of rotatable bonds is 13. The van der Waals surface area contributed by atoms with Crippen LogP contribution in [0.1, 0.15) is 65.1 Å². The van der Waals surface area contributed by atoms with Crippen LogP contribution in [0.3, 0.4) is 0 Å². The molecule has 1 unspecified atom stereocenters. The topological polar surface area (TPSA) is 48.7 Å². The molecule has 29 heavy (non-hydrogen) atoms. The number of carbonyl (C=O) groups excluding carboxylic acids is 1. The summed E-state index contributed by atoms with van der Waals surface area (Å²) in [6, 6.07) is 3.83. The van der Waals surface area contributed by atoms with Crippen LogP contribution in [0, 0.1) is 5.41 Å². The minimum atomic E-state index is -2.57. The Bertz CT molecular complexity index is 616. The van der Waals surface area contributed by atoms with E-state index >= 15 is 0 Å². The van der Waals surface area contributed by atoms with Crippen LogP contribution in [0.4, 0.5) is 0 Å². The quantitative estimate of drug-likeness (QED) is 0.230. The number of ether oxygens (including phenoxy) is 2. The van der Waals surface area contributed by atoms with Crippen molar-refractivity contribution < 1.29 is 18.7 Å². The summed E-state index contributed by atoms with van der Waals surface area (Å²) < 4.78 is 23.6. The second kappa shape index (κ2) is 12.2. The summed E-state index contributed by atoms with van der Waals surface area (Å²) in [5.41, 5.74) is 0.458. The van der Waals surface area contributed by atoms with Gasteiger partial charge in [0.05, 0.1) is 0 Å². The Morgan fingerprint density at radius 3 is 2.24 bits per heavy atom. The van der Waals surface area contributed by atoms with Crippen molar-refractivity contribution in [2.75, 3.05) is 20.3 Å². The third-order valence-corrected chi connectivity index (χ3v) is 20.7. The normalized spacial score (nSPS) is 21.0. The van der Waals surface area contributed by atoms with E-state index in [1.807, 2.05) is 12.1 Å². The molecule has 1 aliphatic rings. The first kappa shape index (κ1) is 24.5. The molecule has 4 nitrogen and oxygen atoms in total. The van der Waals surface area contributed by atoms with Crippen molar-refractivity contribution >= 4 is 24.3 Å². The number of esters is 1. The summed E-state index contributed by atoms with van der Waals surface area (Å²) in [5.74, 6) is 0.641. The molecule has 1 saturated heterocycles. The van der Waals surface area contributed by atoms with E-state index in [9.17, 15) is 4.79 Å². The number of unbranched alkanes of at least 4 members (excludes halogenated alkanes) is 3. The van der Waals surface area contributed by atoms with Crippen LogP contribution < -0.4 is 0 Å². The molecular weight excluding hydrogens is 471 g/mol. The molecule has 0 bridgehead atoms. The van der Waals surface area contributed by atoms with Gasteiger partial charge in [0.1, 0.15) is 0 Å². The zero-order valence-corrected chi connectivity index (χ0v) is 21.8. The van der Waals surface area contributed by atoms with E-state index in [-0.39, 0.29) is 5.97 Å². The maximum absolute atomic E-state index is 13.0. The van der Waals surface area contributed by atoms with Gasteiger partial charge in [-0.1, -0.05) is 0 Å². The first-order valence-corrected chi connectivity index (χ1v) is 19.2. The number of hydrogen-bond donors (Lipinski definition) is 0. The predicted octanol–water partition coefficient (Wildman–Crippen LogP) is 6.33. The van der Waals surface area contributed by atoms with Crippen molar-refractivity contribution in [3.8, 4) is 0 Å². The molecule has 0 radical (unpaired) electrons. The van der Waals surface area contributed by atoms with Gasteiger partial charge in [-0.3, -0.25) is 0 Å². The van der Waals surface area contributed by atoms with Gasteiger partial charge in [0.2, 0.25) is 0 Å². The molecule has 5 heteroatoms. The summed E-state index contributed by atoms with van der Waals surface area (Å²) in [7, 11) is 1.49. The third-order valence-electron chi connectivity index (χ3n) is 6.42. The van der Waals surface area contributed by atoms with Crippen LogP contribution in [0.15, 0.2) is 32.5 Å². The Hall–Kier alpha value is -0.751. The van der Waals surface area contributed by atoms with E-state index in [0.29, 0.717) is 19.6 Å². The van der Waals surface area contributed by atoms with E-state index < -0.39 is 23.8 Å². The van der Waals surface area contributed by atoms with Crippen molar-refractivity contribution in [1.29, 1.82) is 0 Å². The van der Waals surface area contributed by atoms with Crippen molar-refractivity contribution in [3.63, 3.8) is 0 Å². The Morgan fingerprint density at radius 1 is 1.14 bits per heavy atom. The summed E-state index contributed by atoms with van der Waals surface area (Å²) >= 11 is -2.57. The monoisotopic (exact) mass is 512 g/mol. The summed E-state index contributed by atoms with van der Waals surface area (Å²) in [6.07, 6.45) is 9.83. The van der Waals surface area contributed by atoms with Gasteiger partial charge in [-0.05, 0) is 0 Å². The molecule has 2 heterocycles. The number of hydrogen-bond acceptors (Lipinski definition) is 4. The van der Waals surface area contributed by atoms with Gasteiger partial charge in [-0.2, -0.15) is 0 Å². The summed E-state index contributed by atoms with van der Waals surface area (Å²) in [6.45, 7) is 7.82. The van der Waals surface area contributed by atoms with Crippen LogP contribution in [0.5, 0.6) is 0 Å². The van der Waals surface area contributed by atoms with Crippen molar-refractivity contribution in [3.05, 3.63) is 33.8 Å². The molecule has 0 N–H and O–H groups in total. The molecule has 0 amide bonds. The van der Waals surface area contributed by atoms with Crippen LogP contribution in [0.25, 0.3) is 0 Å². The molecule has 0 spiro atoms. The predicted molar refractivity (Wildman–Crippen MR) is 121 cm³/mol. The molecule has 1 aromatic heterocycles. The van der Waals surface area contributed by atoms with Gasteiger partial charge in [-0.25, -0.2) is 0 Å². The first-order valence-electron chi connectivity index (χ1n) is 11.5. The van der Waals surface area contributed by atoms with E-state index in [0.717, 1.165) is 5.76 Å². The van der Waals surface area contributed by atoms with Crippen molar-refractivity contribution in [2.45, 2.75) is 79.0 Å². The zero-order chi connectivity index (χ0) is 21.2. The van der Waals surface area contributed by atoms with Gasteiger partial charge < -0.3 is 0 Å².